The summed E-state index contributed by atoms with van der Waals surface area (Å²) in [6.45, 7) is 8.77. The highest BCUT2D eigenvalue weighted by Crippen LogP contribution is 2.44. The normalized spacial score (nSPS) is 24.5. The van der Waals surface area contributed by atoms with Gasteiger partial charge in [-0.3, -0.25) is 0 Å². The van der Waals surface area contributed by atoms with Crippen LogP contribution < -0.4 is 4.90 Å². The predicted octanol–water partition coefficient (Wildman–Crippen LogP) is 5.78. The van der Waals surface area contributed by atoms with E-state index in [0.717, 1.165) is 18.2 Å². The fourth-order valence-corrected chi connectivity index (χ4v) is 4.59. The number of nitrogens with zero attached hydrogens (tertiary/aromatic N) is 1. The highest BCUT2D eigenvalue weighted by atomic mass is 35.5. The number of fused-ring (bicyclic) bond motifs is 1. The molecular formula is C20H30ClNO. The first-order valence-corrected chi connectivity index (χ1v) is 9.54. The molecule has 3 rings (SSSR count). The molecule has 1 aromatic carbocycles. The lowest BCUT2D eigenvalue weighted by molar-refractivity contribution is 0.0308. The molecule has 2 aliphatic rings. The van der Waals surface area contributed by atoms with Crippen molar-refractivity contribution < 1.29 is 4.74 Å². The largest absolute Gasteiger partial charge is 0.376 e. The first-order valence-electron chi connectivity index (χ1n) is 9.16. The van der Waals surface area contributed by atoms with Gasteiger partial charge in [-0.1, -0.05) is 43.9 Å². The lowest BCUT2D eigenvalue weighted by Gasteiger charge is -2.47. The lowest BCUT2D eigenvalue weighted by atomic mass is 9.80. The molecule has 1 heterocycles. The first kappa shape index (κ1) is 17.1. The summed E-state index contributed by atoms with van der Waals surface area (Å²) in [5.41, 5.74) is 2.87. The van der Waals surface area contributed by atoms with Gasteiger partial charge < -0.3 is 9.64 Å². The molecule has 2 nitrogen and oxygen atoms in total. The van der Waals surface area contributed by atoms with E-state index in [0.29, 0.717) is 12.0 Å². The van der Waals surface area contributed by atoms with Crippen LogP contribution in [-0.2, 0) is 4.74 Å². The summed E-state index contributed by atoms with van der Waals surface area (Å²) in [5, 5.41) is 0.826. The quantitative estimate of drug-likeness (QED) is 0.691. The van der Waals surface area contributed by atoms with Crippen molar-refractivity contribution in [3.05, 3.63) is 28.8 Å². The molecule has 23 heavy (non-hydrogen) atoms. The number of hydrogen-bond acceptors (Lipinski definition) is 2. The van der Waals surface area contributed by atoms with Crippen LogP contribution in [0.4, 0.5) is 5.69 Å². The first-order chi connectivity index (χ1) is 11.0. The molecule has 0 amide bonds. The maximum Gasteiger partial charge on any atom is 0.0645 e. The molecule has 3 heteroatoms. The number of benzene rings is 1. The summed E-state index contributed by atoms with van der Waals surface area (Å²) in [7, 11) is 0. The van der Waals surface area contributed by atoms with Crippen molar-refractivity contribution in [2.75, 3.05) is 18.1 Å². The topological polar surface area (TPSA) is 12.5 Å². The molecule has 0 radical (unpaired) electrons. The molecule has 0 aromatic heterocycles. The van der Waals surface area contributed by atoms with Crippen LogP contribution in [0.25, 0.3) is 0 Å². The summed E-state index contributed by atoms with van der Waals surface area (Å²) >= 11 is 6.28. The van der Waals surface area contributed by atoms with Gasteiger partial charge in [0, 0.05) is 22.8 Å². The van der Waals surface area contributed by atoms with Gasteiger partial charge in [0.25, 0.3) is 0 Å². The van der Waals surface area contributed by atoms with Crippen molar-refractivity contribution in [2.24, 2.45) is 0 Å². The van der Waals surface area contributed by atoms with E-state index in [1.807, 2.05) is 6.07 Å². The van der Waals surface area contributed by atoms with Crippen molar-refractivity contribution >= 4 is 17.3 Å². The van der Waals surface area contributed by atoms with E-state index in [1.165, 1.54) is 49.8 Å². The molecule has 128 valence electrons. The highest BCUT2D eigenvalue weighted by Gasteiger charge is 2.36. The Labute approximate surface area is 146 Å². The Hall–Kier alpha value is -0.730. The Morgan fingerprint density at radius 1 is 1.22 bits per heavy atom. The van der Waals surface area contributed by atoms with E-state index >= 15 is 0 Å². The van der Waals surface area contributed by atoms with E-state index < -0.39 is 0 Å². The van der Waals surface area contributed by atoms with Crippen LogP contribution in [0.2, 0.25) is 5.02 Å². The van der Waals surface area contributed by atoms with E-state index in [9.17, 15) is 0 Å². The summed E-state index contributed by atoms with van der Waals surface area (Å²) in [4.78, 5) is 2.51. The molecule has 1 aromatic rings. The molecule has 1 fully saturated rings. The van der Waals surface area contributed by atoms with E-state index in [-0.39, 0.29) is 5.54 Å². The zero-order chi connectivity index (χ0) is 16.4. The number of rotatable bonds is 4. The minimum Gasteiger partial charge on any atom is -0.376 e. The second kappa shape index (κ2) is 7.03. The smallest absolute Gasteiger partial charge is 0.0645 e. The molecule has 1 aliphatic heterocycles. The van der Waals surface area contributed by atoms with Crippen molar-refractivity contribution in [1.29, 1.82) is 0 Å². The van der Waals surface area contributed by atoms with Gasteiger partial charge in [0.2, 0.25) is 0 Å². The van der Waals surface area contributed by atoms with Crippen molar-refractivity contribution in [3.63, 3.8) is 0 Å². The molecule has 0 spiro atoms. The SMILES string of the molecule is CC1CC(C)(C)N(CCOC2CCCCC2)c2cc(Cl)ccc21. The highest BCUT2D eigenvalue weighted by molar-refractivity contribution is 6.30. The molecule has 0 N–H and O–H groups in total. The second-order valence-electron chi connectivity index (χ2n) is 7.90. The Morgan fingerprint density at radius 2 is 1.96 bits per heavy atom. The number of halogens is 1. The Bertz CT molecular complexity index is 536. The van der Waals surface area contributed by atoms with E-state index in [1.54, 1.807) is 0 Å². The summed E-state index contributed by atoms with van der Waals surface area (Å²) in [6.07, 6.45) is 8.17. The van der Waals surface area contributed by atoms with Gasteiger partial charge in [0.15, 0.2) is 0 Å². The molecule has 0 saturated heterocycles. The zero-order valence-corrected chi connectivity index (χ0v) is 15.5. The second-order valence-corrected chi connectivity index (χ2v) is 8.34. The van der Waals surface area contributed by atoms with Crippen LogP contribution in [0, 0.1) is 0 Å². The van der Waals surface area contributed by atoms with Crippen LogP contribution >= 0.6 is 11.6 Å². The average molecular weight is 336 g/mol. The Balaban J connectivity index is 1.71. The fourth-order valence-electron chi connectivity index (χ4n) is 4.43. The minimum atomic E-state index is 0.146. The average Bonchev–Trinajstić information content (AvgIpc) is 2.50. The van der Waals surface area contributed by atoms with Crippen LogP contribution in [0.1, 0.15) is 70.8 Å². The van der Waals surface area contributed by atoms with E-state index in [4.69, 9.17) is 16.3 Å². The molecule has 0 bridgehead atoms. The summed E-state index contributed by atoms with van der Waals surface area (Å²) in [5.74, 6) is 0.577. The molecule has 1 unspecified atom stereocenters. The van der Waals surface area contributed by atoms with Gasteiger partial charge in [-0.05, 0) is 56.7 Å². The maximum atomic E-state index is 6.28. The van der Waals surface area contributed by atoms with Gasteiger partial charge in [0.1, 0.15) is 0 Å². The van der Waals surface area contributed by atoms with Gasteiger partial charge in [-0.25, -0.2) is 0 Å². The Kier molecular flexibility index (Phi) is 5.22. The summed E-state index contributed by atoms with van der Waals surface area (Å²) < 4.78 is 6.18. The molecule has 1 saturated carbocycles. The third-order valence-corrected chi connectivity index (χ3v) is 5.81. The van der Waals surface area contributed by atoms with Gasteiger partial charge >= 0.3 is 0 Å². The minimum absolute atomic E-state index is 0.146. The van der Waals surface area contributed by atoms with Crippen molar-refractivity contribution in [1.82, 2.24) is 0 Å². The number of hydrogen-bond donors (Lipinski definition) is 0. The number of anilines is 1. The standard InChI is InChI=1S/C20H30ClNO/c1-15-14-20(2,3)22(19-13-16(21)9-10-18(15)19)11-12-23-17-7-5-4-6-8-17/h9-10,13,15,17H,4-8,11-12,14H2,1-3H3. The fraction of sp³-hybridized carbons (Fsp3) is 0.700. The van der Waals surface area contributed by atoms with Crippen LogP contribution in [0.5, 0.6) is 0 Å². The monoisotopic (exact) mass is 335 g/mol. The third kappa shape index (κ3) is 3.85. The molecular weight excluding hydrogens is 306 g/mol. The number of ether oxygens (including phenoxy) is 1. The van der Waals surface area contributed by atoms with Crippen LogP contribution in [0.3, 0.4) is 0 Å². The molecule has 1 aliphatic carbocycles. The van der Waals surface area contributed by atoms with Crippen LogP contribution in [0.15, 0.2) is 18.2 Å². The van der Waals surface area contributed by atoms with Gasteiger partial charge in [0.05, 0.1) is 12.7 Å². The van der Waals surface area contributed by atoms with Gasteiger partial charge in [-0.2, -0.15) is 0 Å². The lowest BCUT2D eigenvalue weighted by Crippen LogP contribution is -2.50. The van der Waals surface area contributed by atoms with E-state index in [2.05, 4.69) is 37.8 Å². The van der Waals surface area contributed by atoms with Crippen LogP contribution in [-0.4, -0.2) is 24.8 Å². The van der Waals surface area contributed by atoms with Crippen molar-refractivity contribution in [2.45, 2.75) is 76.9 Å². The summed E-state index contributed by atoms with van der Waals surface area (Å²) in [6, 6.07) is 6.35. The maximum absolute atomic E-state index is 6.28. The van der Waals surface area contributed by atoms with Crippen molar-refractivity contribution in [3.8, 4) is 0 Å². The predicted molar refractivity (Wildman–Crippen MR) is 98.7 cm³/mol. The third-order valence-electron chi connectivity index (χ3n) is 5.57. The molecule has 1 atom stereocenters. The Morgan fingerprint density at radius 3 is 2.70 bits per heavy atom. The van der Waals surface area contributed by atoms with Gasteiger partial charge in [-0.15, -0.1) is 0 Å². The zero-order valence-electron chi connectivity index (χ0n) is 14.8.